The van der Waals surface area contributed by atoms with E-state index in [1.54, 1.807) is 24.3 Å². The van der Waals surface area contributed by atoms with Gasteiger partial charge >= 0.3 is 6.18 Å². The molecule has 0 atom stereocenters. The number of alkyl halides is 3. The van der Waals surface area contributed by atoms with Crippen molar-refractivity contribution < 1.29 is 32.2 Å². The van der Waals surface area contributed by atoms with E-state index in [9.17, 15) is 22.8 Å². The zero-order chi connectivity index (χ0) is 24.3. The number of fused-ring (bicyclic) bond motifs is 1. The third-order valence-corrected chi connectivity index (χ3v) is 5.07. The van der Waals surface area contributed by atoms with E-state index in [1.165, 1.54) is 25.3 Å². The Labute approximate surface area is 193 Å². The Kier molecular flexibility index (Phi) is 6.27. The molecule has 0 saturated carbocycles. The van der Waals surface area contributed by atoms with Gasteiger partial charge in [-0.25, -0.2) is 0 Å². The predicted octanol–water partition coefficient (Wildman–Crippen LogP) is 5.22. The summed E-state index contributed by atoms with van der Waals surface area (Å²) in [6.45, 7) is -0.529. The predicted molar refractivity (Wildman–Crippen MR) is 122 cm³/mol. The normalized spacial score (nSPS) is 13.9. The van der Waals surface area contributed by atoms with Crippen LogP contribution in [0, 0.1) is 0 Å². The number of hydrogen-bond donors (Lipinski definition) is 2. The van der Waals surface area contributed by atoms with Gasteiger partial charge in [0.05, 0.1) is 18.4 Å². The molecule has 6 nitrogen and oxygen atoms in total. The number of nitrogens with one attached hydrogen (secondary N) is 2. The van der Waals surface area contributed by atoms with Crippen LogP contribution in [0.1, 0.15) is 16.7 Å². The summed E-state index contributed by atoms with van der Waals surface area (Å²) in [5.74, 6) is -0.467. The first-order valence-electron chi connectivity index (χ1n) is 10.2. The fourth-order valence-corrected chi connectivity index (χ4v) is 3.51. The molecule has 0 fully saturated rings. The average Bonchev–Trinajstić information content (AvgIpc) is 3.12. The largest absolute Gasteiger partial charge is 0.493 e. The highest BCUT2D eigenvalue weighted by atomic mass is 19.4. The van der Waals surface area contributed by atoms with E-state index in [2.05, 4.69) is 10.6 Å². The molecule has 4 rings (SSSR count). The zero-order valence-corrected chi connectivity index (χ0v) is 17.9. The van der Waals surface area contributed by atoms with Gasteiger partial charge in [-0.2, -0.15) is 13.2 Å². The van der Waals surface area contributed by atoms with Gasteiger partial charge in [0, 0.05) is 16.8 Å². The summed E-state index contributed by atoms with van der Waals surface area (Å²) in [5.41, 5.74) is 1.36. The van der Waals surface area contributed by atoms with E-state index < -0.39 is 24.3 Å². The van der Waals surface area contributed by atoms with Crippen LogP contribution in [0.2, 0.25) is 0 Å². The van der Waals surface area contributed by atoms with Crippen molar-refractivity contribution in [3.05, 3.63) is 83.4 Å². The van der Waals surface area contributed by atoms with Gasteiger partial charge < -0.3 is 20.1 Å². The van der Waals surface area contributed by atoms with Gasteiger partial charge in [-0.05, 0) is 42.0 Å². The first-order valence-corrected chi connectivity index (χ1v) is 10.2. The number of methoxy groups -OCH3 is 1. The summed E-state index contributed by atoms with van der Waals surface area (Å²) in [4.78, 5) is 24.5. The number of amides is 2. The number of carbonyl (C=O) groups excluding carboxylic acids is 2. The van der Waals surface area contributed by atoms with Crippen molar-refractivity contribution in [2.75, 3.05) is 24.4 Å². The molecule has 0 radical (unpaired) electrons. The summed E-state index contributed by atoms with van der Waals surface area (Å²) in [7, 11) is 1.41. The average molecular weight is 468 g/mol. The van der Waals surface area contributed by atoms with Crippen LogP contribution in [-0.2, 0) is 15.8 Å². The first kappa shape index (κ1) is 22.9. The summed E-state index contributed by atoms with van der Waals surface area (Å²) in [5, 5.41) is 5.02. The minimum atomic E-state index is -4.60. The van der Waals surface area contributed by atoms with E-state index in [1.807, 2.05) is 24.3 Å². The minimum absolute atomic E-state index is 0.222. The molecule has 1 aliphatic rings. The second kappa shape index (κ2) is 9.30. The lowest BCUT2D eigenvalue weighted by atomic mass is 10.0. The molecule has 34 heavy (non-hydrogen) atoms. The molecule has 0 saturated heterocycles. The number of rotatable bonds is 6. The second-order valence-electron chi connectivity index (χ2n) is 7.35. The van der Waals surface area contributed by atoms with Crippen molar-refractivity contribution in [3.8, 4) is 11.5 Å². The Bertz CT molecular complexity index is 1290. The maximum absolute atomic E-state index is 13.1. The topological polar surface area (TPSA) is 76.7 Å². The van der Waals surface area contributed by atoms with E-state index in [-0.39, 0.29) is 17.3 Å². The SMILES string of the molecule is COc1cc(/C=C2/C(=O)Nc3ccccc32)ccc1OCC(=O)Nc1ccccc1C(F)(F)F. The standard InChI is InChI=1S/C25H19F3N2O4/c1-33-22-13-15(12-17-16-6-2-4-8-19(16)30-24(17)32)10-11-21(22)34-14-23(31)29-20-9-5-3-7-18(20)25(26,27)28/h2-13H,14H2,1H3,(H,29,31)(H,30,32)/b17-12+. The number of carbonyl (C=O) groups is 2. The van der Waals surface area contributed by atoms with Crippen LogP contribution in [0.4, 0.5) is 24.5 Å². The molecule has 0 aliphatic carbocycles. The highest BCUT2D eigenvalue weighted by Crippen LogP contribution is 2.36. The molecule has 3 aromatic rings. The Morgan fingerprint density at radius 3 is 2.53 bits per heavy atom. The van der Waals surface area contributed by atoms with Crippen molar-refractivity contribution in [2.45, 2.75) is 6.18 Å². The number of ether oxygens (including phenoxy) is 2. The fraction of sp³-hybridized carbons (Fsp3) is 0.120. The Hall–Kier alpha value is -4.27. The lowest BCUT2D eigenvalue weighted by molar-refractivity contribution is -0.137. The Balaban J connectivity index is 1.47. The van der Waals surface area contributed by atoms with Crippen LogP contribution in [0.25, 0.3) is 11.6 Å². The van der Waals surface area contributed by atoms with Crippen LogP contribution in [0.3, 0.4) is 0 Å². The molecule has 0 aromatic heterocycles. The Morgan fingerprint density at radius 2 is 1.76 bits per heavy atom. The quantitative estimate of drug-likeness (QED) is 0.486. The molecule has 1 heterocycles. The second-order valence-corrected chi connectivity index (χ2v) is 7.35. The number of halogens is 3. The summed E-state index contributed by atoms with van der Waals surface area (Å²) in [6.07, 6.45) is -2.90. The molecule has 0 unspecified atom stereocenters. The third kappa shape index (κ3) is 4.88. The highest BCUT2D eigenvalue weighted by molar-refractivity contribution is 6.34. The maximum atomic E-state index is 13.1. The van der Waals surface area contributed by atoms with Crippen LogP contribution >= 0.6 is 0 Å². The number of hydrogen-bond acceptors (Lipinski definition) is 4. The van der Waals surface area contributed by atoms with Crippen molar-refractivity contribution >= 4 is 34.8 Å². The van der Waals surface area contributed by atoms with Gasteiger partial charge in [-0.3, -0.25) is 9.59 Å². The summed E-state index contributed by atoms with van der Waals surface area (Å²) in [6, 6.07) is 16.9. The van der Waals surface area contributed by atoms with Gasteiger partial charge in [0.15, 0.2) is 18.1 Å². The van der Waals surface area contributed by atoms with Gasteiger partial charge in [0.25, 0.3) is 11.8 Å². The summed E-state index contributed by atoms with van der Waals surface area (Å²) < 4.78 is 50.1. The number of anilines is 2. The van der Waals surface area contributed by atoms with Crippen molar-refractivity contribution in [3.63, 3.8) is 0 Å². The van der Waals surface area contributed by atoms with E-state index in [4.69, 9.17) is 9.47 Å². The van der Waals surface area contributed by atoms with Crippen LogP contribution < -0.4 is 20.1 Å². The summed E-state index contributed by atoms with van der Waals surface area (Å²) >= 11 is 0. The molecule has 2 amide bonds. The van der Waals surface area contributed by atoms with Gasteiger partial charge in [-0.1, -0.05) is 36.4 Å². The molecular formula is C25H19F3N2O4. The fourth-order valence-electron chi connectivity index (χ4n) is 3.51. The van der Waals surface area contributed by atoms with Gasteiger partial charge in [0.1, 0.15) is 0 Å². The van der Waals surface area contributed by atoms with Crippen molar-refractivity contribution in [1.82, 2.24) is 0 Å². The van der Waals surface area contributed by atoms with Gasteiger partial charge in [-0.15, -0.1) is 0 Å². The smallest absolute Gasteiger partial charge is 0.418 e. The zero-order valence-electron chi connectivity index (χ0n) is 17.9. The maximum Gasteiger partial charge on any atom is 0.418 e. The first-order chi connectivity index (χ1) is 16.3. The lowest BCUT2D eigenvalue weighted by Crippen LogP contribution is -2.22. The van der Waals surface area contributed by atoms with Crippen LogP contribution in [-0.4, -0.2) is 25.5 Å². The molecule has 0 bridgehead atoms. The third-order valence-electron chi connectivity index (χ3n) is 5.07. The lowest BCUT2D eigenvalue weighted by Gasteiger charge is -2.14. The molecule has 0 spiro atoms. The Morgan fingerprint density at radius 1 is 1.03 bits per heavy atom. The van der Waals surface area contributed by atoms with Gasteiger partial charge in [0.2, 0.25) is 0 Å². The van der Waals surface area contributed by atoms with E-state index in [0.29, 0.717) is 16.9 Å². The molecular weight excluding hydrogens is 449 g/mol. The van der Waals surface area contributed by atoms with E-state index >= 15 is 0 Å². The highest BCUT2D eigenvalue weighted by Gasteiger charge is 2.33. The molecule has 2 N–H and O–H groups in total. The molecule has 1 aliphatic heterocycles. The van der Waals surface area contributed by atoms with Crippen molar-refractivity contribution in [2.24, 2.45) is 0 Å². The van der Waals surface area contributed by atoms with Crippen molar-refractivity contribution in [1.29, 1.82) is 0 Å². The number of benzene rings is 3. The monoisotopic (exact) mass is 468 g/mol. The number of para-hydroxylation sites is 2. The molecule has 9 heteroatoms. The molecule has 174 valence electrons. The minimum Gasteiger partial charge on any atom is -0.493 e. The van der Waals surface area contributed by atoms with Crippen LogP contribution in [0.15, 0.2) is 66.7 Å². The van der Waals surface area contributed by atoms with Crippen LogP contribution in [0.5, 0.6) is 11.5 Å². The van der Waals surface area contributed by atoms with E-state index in [0.717, 1.165) is 17.3 Å². The molecule has 3 aromatic carbocycles.